The van der Waals surface area contributed by atoms with Gasteiger partial charge in [0.2, 0.25) is 5.91 Å². The number of rotatable bonds is 3. The lowest BCUT2D eigenvalue weighted by atomic mass is 10.1. The molecule has 0 bridgehead atoms. The van der Waals surface area contributed by atoms with Gasteiger partial charge in [0.15, 0.2) is 0 Å². The van der Waals surface area contributed by atoms with E-state index in [1.807, 2.05) is 54.6 Å². The van der Waals surface area contributed by atoms with Crippen molar-refractivity contribution in [1.29, 1.82) is 0 Å². The van der Waals surface area contributed by atoms with Crippen LogP contribution in [0.2, 0.25) is 0 Å². The first-order valence-electron chi connectivity index (χ1n) is 6.94. The van der Waals surface area contributed by atoms with E-state index in [2.05, 4.69) is 21.4 Å². The molecule has 2 aromatic carbocycles. The zero-order valence-electron chi connectivity index (χ0n) is 12.4. The Hall–Kier alpha value is -1.57. The van der Waals surface area contributed by atoms with Gasteiger partial charge in [-0.15, -0.1) is 17.0 Å². The van der Waals surface area contributed by atoms with Crippen molar-refractivity contribution in [3.63, 3.8) is 0 Å². The molecule has 24 heavy (non-hydrogen) atoms. The average molecular weight is 470 g/mol. The Bertz CT molecular complexity index is 764. The number of hydrazine groups is 1. The molecule has 124 valence electrons. The minimum absolute atomic E-state index is 0. The fraction of sp³-hybridized carbons (Fsp3) is 0.0588. The van der Waals surface area contributed by atoms with Gasteiger partial charge in [-0.25, -0.2) is 5.01 Å². The van der Waals surface area contributed by atoms with Crippen molar-refractivity contribution in [3.8, 4) is 0 Å². The highest BCUT2D eigenvalue weighted by atomic mass is 79.9. The molecule has 0 saturated carbocycles. The molecular weight excluding hydrogens is 456 g/mol. The molecule has 0 aromatic heterocycles. The van der Waals surface area contributed by atoms with E-state index in [0.29, 0.717) is 5.70 Å². The van der Waals surface area contributed by atoms with E-state index in [-0.39, 0.29) is 34.5 Å². The first kappa shape index (κ1) is 18.8. The van der Waals surface area contributed by atoms with E-state index in [1.165, 1.54) is 5.01 Å². The monoisotopic (exact) mass is 468 g/mol. The number of halogens is 2. The average Bonchev–Trinajstić information content (AvgIpc) is 2.56. The molecule has 2 aromatic rings. The number of amides is 2. The van der Waals surface area contributed by atoms with E-state index >= 15 is 0 Å². The Morgan fingerprint density at radius 1 is 1.08 bits per heavy atom. The summed E-state index contributed by atoms with van der Waals surface area (Å²) >= 11 is 4.43. The van der Waals surface area contributed by atoms with Gasteiger partial charge in [0.1, 0.15) is 0 Å². The first-order chi connectivity index (χ1) is 11.1. The van der Waals surface area contributed by atoms with Crippen LogP contribution < -0.4 is 5.43 Å². The number of hydrogen-bond donors (Lipinski definition) is 1. The number of carbonyl (C=O) groups excluding carboxylic acids is 2. The number of hydrogen-bond acceptors (Lipinski definition) is 3. The molecule has 3 rings (SSSR count). The summed E-state index contributed by atoms with van der Waals surface area (Å²) in [5.74, 6) is -0.181. The lowest BCUT2D eigenvalue weighted by Crippen LogP contribution is -2.45. The molecule has 0 atom stereocenters. The summed E-state index contributed by atoms with van der Waals surface area (Å²) in [6, 6.07) is 17.1. The van der Waals surface area contributed by atoms with E-state index in [1.54, 1.807) is 5.41 Å². The Labute approximate surface area is 163 Å². The lowest BCUT2D eigenvalue weighted by Gasteiger charge is -2.28. The van der Waals surface area contributed by atoms with Crippen LogP contribution in [0.3, 0.4) is 0 Å². The summed E-state index contributed by atoms with van der Waals surface area (Å²) in [5.41, 5.74) is 5.06. The van der Waals surface area contributed by atoms with Gasteiger partial charge < -0.3 is 0 Å². The molecule has 4 nitrogen and oxygen atoms in total. The summed E-state index contributed by atoms with van der Waals surface area (Å²) in [5, 5.41) is 2.76. The number of nitrogens with zero attached hydrogens (tertiary/aromatic N) is 1. The third-order valence-electron chi connectivity index (χ3n) is 3.31. The van der Waals surface area contributed by atoms with Crippen LogP contribution in [0.4, 0.5) is 4.79 Å². The summed E-state index contributed by atoms with van der Waals surface area (Å²) in [6.07, 6.45) is 0.222. The van der Waals surface area contributed by atoms with Crippen LogP contribution in [0.5, 0.6) is 0 Å². The standard InChI is InChI=1S/C17H13BrN2O2S.BrH/c18-14-8-6-13(7-9-14)15-11-23-17(22)19-20(15)16(21)10-12-4-2-1-3-5-12;/h1-9,11H,10H2,(H,19,22);1H. The number of thioether (sulfide) groups is 1. The van der Waals surface area contributed by atoms with Gasteiger partial charge in [-0.3, -0.25) is 15.0 Å². The molecule has 1 aliphatic heterocycles. The van der Waals surface area contributed by atoms with Gasteiger partial charge in [-0.1, -0.05) is 58.4 Å². The minimum Gasteiger partial charge on any atom is -0.272 e. The molecule has 0 fully saturated rings. The molecule has 2 amide bonds. The molecule has 0 radical (unpaired) electrons. The van der Waals surface area contributed by atoms with Gasteiger partial charge in [-0.05, 0) is 29.5 Å². The number of benzene rings is 2. The second-order valence-electron chi connectivity index (χ2n) is 4.92. The van der Waals surface area contributed by atoms with Gasteiger partial charge in [0, 0.05) is 15.4 Å². The normalized spacial score (nSPS) is 13.6. The van der Waals surface area contributed by atoms with Crippen molar-refractivity contribution in [2.24, 2.45) is 0 Å². The summed E-state index contributed by atoms with van der Waals surface area (Å²) < 4.78 is 0.955. The predicted octanol–water partition coefficient (Wildman–Crippen LogP) is 4.77. The molecule has 0 spiro atoms. The van der Waals surface area contributed by atoms with Crippen LogP contribution in [0.1, 0.15) is 11.1 Å². The fourth-order valence-corrected chi connectivity index (χ4v) is 3.07. The first-order valence-corrected chi connectivity index (χ1v) is 8.61. The molecule has 1 heterocycles. The molecule has 7 heteroatoms. The Kier molecular flexibility index (Phi) is 6.65. The van der Waals surface area contributed by atoms with Crippen molar-refractivity contribution in [2.45, 2.75) is 6.42 Å². The molecule has 0 saturated heterocycles. The highest BCUT2D eigenvalue weighted by Crippen LogP contribution is 2.27. The predicted molar refractivity (Wildman–Crippen MR) is 106 cm³/mol. The van der Waals surface area contributed by atoms with Crippen molar-refractivity contribution < 1.29 is 9.59 Å². The second-order valence-corrected chi connectivity index (χ2v) is 6.68. The van der Waals surface area contributed by atoms with Crippen LogP contribution in [-0.2, 0) is 11.2 Å². The van der Waals surface area contributed by atoms with E-state index in [9.17, 15) is 9.59 Å². The highest BCUT2D eigenvalue weighted by Gasteiger charge is 2.25. The fourth-order valence-electron chi connectivity index (χ4n) is 2.20. The zero-order valence-corrected chi connectivity index (χ0v) is 16.6. The van der Waals surface area contributed by atoms with E-state index in [0.717, 1.165) is 27.4 Å². The maximum atomic E-state index is 12.6. The Morgan fingerprint density at radius 3 is 2.42 bits per heavy atom. The van der Waals surface area contributed by atoms with Crippen LogP contribution in [-0.4, -0.2) is 16.2 Å². The van der Waals surface area contributed by atoms with Gasteiger partial charge in [-0.2, -0.15) is 0 Å². The maximum absolute atomic E-state index is 12.6. The summed E-state index contributed by atoms with van der Waals surface area (Å²) in [6.45, 7) is 0. The maximum Gasteiger partial charge on any atom is 0.302 e. The number of nitrogens with one attached hydrogen (secondary N) is 1. The topological polar surface area (TPSA) is 49.4 Å². The number of carbonyl (C=O) groups is 2. The summed E-state index contributed by atoms with van der Waals surface area (Å²) in [4.78, 5) is 24.3. The largest absolute Gasteiger partial charge is 0.302 e. The Balaban J connectivity index is 0.00000208. The smallest absolute Gasteiger partial charge is 0.272 e. The second kappa shape index (κ2) is 8.50. The quantitative estimate of drug-likeness (QED) is 0.704. The van der Waals surface area contributed by atoms with Gasteiger partial charge in [0.25, 0.3) is 0 Å². The van der Waals surface area contributed by atoms with E-state index in [4.69, 9.17) is 0 Å². The third kappa shape index (κ3) is 4.49. The molecule has 1 N–H and O–H groups in total. The van der Waals surface area contributed by atoms with Crippen LogP contribution in [0, 0.1) is 0 Å². The molecular formula is C17H14Br2N2O2S. The van der Waals surface area contributed by atoms with Crippen LogP contribution >= 0.6 is 44.7 Å². The summed E-state index contributed by atoms with van der Waals surface area (Å²) in [7, 11) is 0. The zero-order chi connectivity index (χ0) is 16.2. The minimum atomic E-state index is -0.271. The van der Waals surface area contributed by atoms with Crippen molar-refractivity contribution >= 4 is 61.5 Å². The third-order valence-corrected chi connectivity index (χ3v) is 4.48. The molecule has 0 aliphatic carbocycles. The Morgan fingerprint density at radius 2 is 1.75 bits per heavy atom. The molecule has 0 unspecified atom stereocenters. The lowest BCUT2D eigenvalue weighted by molar-refractivity contribution is -0.128. The van der Waals surface area contributed by atoms with Gasteiger partial charge >= 0.3 is 5.24 Å². The van der Waals surface area contributed by atoms with Crippen molar-refractivity contribution in [3.05, 3.63) is 75.6 Å². The van der Waals surface area contributed by atoms with Crippen molar-refractivity contribution in [2.75, 3.05) is 0 Å². The molecule has 1 aliphatic rings. The van der Waals surface area contributed by atoms with E-state index < -0.39 is 0 Å². The van der Waals surface area contributed by atoms with Crippen molar-refractivity contribution in [1.82, 2.24) is 10.4 Å². The van der Waals surface area contributed by atoms with Crippen LogP contribution in [0.15, 0.2) is 64.5 Å². The highest BCUT2D eigenvalue weighted by molar-refractivity contribution is 9.10. The van der Waals surface area contributed by atoms with Crippen LogP contribution in [0.25, 0.3) is 5.70 Å². The van der Waals surface area contributed by atoms with Gasteiger partial charge in [0.05, 0.1) is 12.1 Å². The SMILES string of the molecule is Br.O=C1NN(C(=O)Cc2ccccc2)C(c2ccc(Br)cc2)=CS1.